The Labute approximate surface area is 158 Å². The minimum atomic E-state index is -0.104. The zero-order valence-corrected chi connectivity index (χ0v) is 16.2. The second kappa shape index (κ2) is 10.6. The highest BCUT2D eigenvalue weighted by molar-refractivity contribution is 5.97. The highest BCUT2D eigenvalue weighted by atomic mass is 16.1. The van der Waals surface area contributed by atoms with Crippen LogP contribution in [0.25, 0.3) is 0 Å². The van der Waals surface area contributed by atoms with Crippen molar-refractivity contribution >= 4 is 5.91 Å². The summed E-state index contributed by atoms with van der Waals surface area (Å²) in [6, 6.07) is 8.55. The van der Waals surface area contributed by atoms with E-state index in [-0.39, 0.29) is 5.91 Å². The van der Waals surface area contributed by atoms with E-state index in [1.165, 1.54) is 36.8 Å². The standard InChI is InChI=1S/C23H32N2O/c1-3-5-6-7-9-19-12-14-20(15-13-19)17-25-23(26)21-11-8-10-18(4-2)16-22(21)24/h8,10-15H,3-7,9,16-17,24H2,1-2H3,(H,25,26). The molecule has 1 aliphatic carbocycles. The fourth-order valence-corrected chi connectivity index (χ4v) is 3.11. The molecule has 1 aliphatic rings. The van der Waals surface area contributed by atoms with Crippen molar-refractivity contribution in [1.29, 1.82) is 0 Å². The van der Waals surface area contributed by atoms with E-state index in [1.54, 1.807) is 0 Å². The Morgan fingerprint density at radius 1 is 1.08 bits per heavy atom. The normalized spacial score (nSPS) is 14.2. The lowest BCUT2D eigenvalue weighted by molar-refractivity contribution is -0.117. The number of allylic oxidation sites excluding steroid dienone is 3. The molecule has 26 heavy (non-hydrogen) atoms. The van der Waals surface area contributed by atoms with E-state index in [2.05, 4.69) is 43.4 Å². The van der Waals surface area contributed by atoms with Crippen LogP contribution in [0.1, 0.15) is 63.5 Å². The summed E-state index contributed by atoms with van der Waals surface area (Å²) in [7, 11) is 0. The van der Waals surface area contributed by atoms with Crippen molar-refractivity contribution in [2.45, 2.75) is 65.3 Å². The Balaban J connectivity index is 1.85. The number of hydrogen-bond acceptors (Lipinski definition) is 2. The van der Waals surface area contributed by atoms with Gasteiger partial charge in [0.1, 0.15) is 0 Å². The van der Waals surface area contributed by atoms with Gasteiger partial charge in [-0.1, -0.05) is 75.1 Å². The Kier molecular flexibility index (Phi) is 8.20. The molecule has 1 amide bonds. The van der Waals surface area contributed by atoms with Crippen LogP contribution >= 0.6 is 0 Å². The van der Waals surface area contributed by atoms with Crippen molar-refractivity contribution in [3.8, 4) is 0 Å². The molecular formula is C23H32N2O. The van der Waals surface area contributed by atoms with Crippen LogP contribution in [-0.2, 0) is 17.8 Å². The third kappa shape index (κ3) is 6.21. The van der Waals surface area contributed by atoms with E-state index in [0.717, 1.165) is 18.4 Å². The van der Waals surface area contributed by atoms with Crippen LogP contribution in [0.15, 0.2) is 59.3 Å². The first-order chi connectivity index (χ1) is 12.6. The van der Waals surface area contributed by atoms with Gasteiger partial charge in [0.25, 0.3) is 5.91 Å². The van der Waals surface area contributed by atoms with E-state index in [0.29, 0.717) is 24.2 Å². The molecule has 1 aromatic rings. The largest absolute Gasteiger partial charge is 0.401 e. The Morgan fingerprint density at radius 2 is 1.81 bits per heavy atom. The summed E-state index contributed by atoms with van der Waals surface area (Å²) in [5.74, 6) is -0.104. The number of carbonyl (C=O) groups excluding carboxylic acids is 1. The molecule has 0 unspecified atom stereocenters. The molecule has 0 aromatic heterocycles. The molecule has 0 saturated heterocycles. The Hall–Kier alpha value is -2.29. The molecule has 140 valence electrons. The minimum absolute atomic E-state index is 0.104. The second-order valence-corrected chi connectivity index (χ2v) is 6.96. The molecule has 1 aromatic carbocycles. The number of hydrogen-bond donors (Lipinski definition) is 2. The highest BCUT2D eigenvalue weighted by Gasteiger charge is 2.13. The number of amides is 1. The summed E-state index contributed by atoms with van der Waals surface area (Å²) < 4.78 is 0. The van der Waals surface area contributed by atoms with Gasteiger partial charge in [-0.2, -0.15) is 0 Å². The number of aryl methyl sites for hydroxylation is 1. The van der Waals surface area contributed by atoms with E-state index in [4.69, 9.17) is 5.73 Å². The fourth-order valence-electron chi connectivity index (χ4n) is 3.11. The Bertz CT molecular complexity index is 681. The van der Waals surface area contributed by atoms with Gasteiger partial charge in [0.2, 0.25) is 0 Å². The number of nitrogens with two attached hydrogens (primary N) is 1. The number of carbonyl (C=O) groups is 1. The Morgan fingerprint density at radius 3 is 2.50 bits per heavy atom. The molecule has 0 radical (unpaired) electrons. The number of rotatable bonds is 9. The minimum Gasteiger partial charge on any atom is -0.401 e. The van der Waals surface area contributed by atoms with Gasteiger partial charge in [0.15, 0.2) is 0 Å². The number of benzene rings is 1. The van der Waals surface area contributed by atoms with E-state index in [1.807, 2.05) is 18.2 Å². The first-order valence-electron chi connectivity index (χ1n) is 9.84. The third-order valence-corrected chi connectivity index (χ3v) is 4.85. The summed E-state index contributed by atoms with van der Waals surface area (Å²) in [5, 5.41) is 2.99. The molecule has 0 fully saturated rings. The van der Waals surface area contributed by atoms with E-state index < -0.39 is 0 Å². The fraction of sp³-hybridized carbons (Fsp3) is 0.435. The predicted octanol–water partition coefficient (Wildman–Crippen LogP) is 4.93. The first kappa shape index (κ1) is 20.0. The molecule has 0 saturated carbocycles. The molecule has 0 aliphatic heterocycles. The molecule has 3 nitrogen and oxygen atoms in total. The summed E-state index contributed by atoms with van der Waals surface area (Å²) in [6.07, 6.45) is 13.7. The van der Waals surface area contributed by atoms with Gasteiger partial charge in [-0.05, 0) is 36.5 Å². The lowest BCUT2D eigenvalue weighted by atomic mass is 10.0. The molecule has 0 atom stereocenters. The molecule has 0 bridgehead atoms. The van der Waals surface area contributed by atoms with Crippen LogP contribution in [0.3, 0.4) is 0 Å². The van der Waals surface area contributed by atoms with Gasteiger partial charge in [-0.25, -0.2) is 0 Å². The third-order valence-electron chi connectivity index (χ3n) is 4.85. The van der Waals surface area contributed by atoms with Crippen LogP contribution in [0.4, 0.5) is 0 Å². The predicted molar refractivity (Wildman–Crippen MR) is 109 cm³/mol. The van der Waals surface area contributed by atoms with Crippen LogP contribution in [-0.4, -0.2) is 5.91 Å². The molecule has 0 spiro atoms. The molecule has 0 heterocycles. The topological polar surface area (TPSA) is 55.1 Å². The molecule has 3 N–H and O–H groups in total. The zero-order valence-electron chi connectivity index (χ0n) is 16.2. The van der Waals surface area contributed by atoms with Gasteiger partial charge in [0, 0.05) is 18.7 Å². The van der Waals surface area contributed by atoms with E-state index >= 15 is 0 Å². The zero-order chi connectivity index (χ0) is 18.8. The quantitative estimate of drug-likeness (QED) is 0.619. The summed E-state index contributed by atoms with van der Waals surface area (Å²) in [6.45, 7) is 4.86. The van der Waals surface area contributed by atoms with Gasteiger partial charge in [-0.3, -0.25) is 4.79 Å². The summed E-state index contributed by atoms with van der Waals surface area (Å²) in [4.78, 5) is 12.5. The molecule has 2 rings (SSSR count). The lowest BCUT2D eigenvalue weighted by Crippen LogP contribution is -2.26. The monoisotopic (exact) mass is 352 g/mol. The van der Waals surface area contributed by atoms with Crippen molar-refractivity contribution < 1.29 is 4.79 Å². The van der Waals surface area contributed by atoms with Gasteiger partial charge < -0.3 is 11.1 Å². The average Bonchev–Trinajstić information content (AvgIpc) is 2.85. The number of unbranched alkanes of at least 4 members (excludes halogenated alkanes) is 3. The van der Waals surface area contributed by atoms with Gasteiger partial charge in [0.05, 0.1) is 5.57 Å². The maximum Gasteiger partial charge on any atom is 0.253 e. The van der Waals surface area contributed by atoms with Crippen LogP contribution < -0.4 is 11.1 Å². The first-order valence-corrected chi connectivity index (χ1v) is 9.84. The van der Waals surface area contributed by atoms with Crippen molar-refractivity contribution in [3.05, 3.63) is 70.5 Å². The maximum atomic E-state index is 12.5. The average molecular weight is 353 g/mol. The van der Waals surface area contributed by atoms with Gasteiger partial charge in [-0.15, -0.1) is 0 Å². The van der Waals surface area contributed by atoms with Crippen LogP contribution in [0.5, 0.6) is 0 Å². The SMILES string of the molecule is CCCCCCc1ccc(CNC(=O)C2=C(N)CC(CC)=CC=C2)cc1. The highest BCUT2D eigenvalue weighted by Crippen LogP contribution is 2.18. The van der Waals surface area contributed by atoms with Crippen LogP contribution in [0.2, 0.25) is 0 Å². The smallest absolute Gasteiger partial charge is 0.253 e. The van der Waals surface area contributed by atoms with Gasteiger partial charge >= 0.3 is 0 Å². The van der Waals surface area contributed by atoms with Crippen LogP contribution in [0, 0.1) is 0 Å². The second-order valence-electron chi connectivity index (χ2n) is 6.96. The maximum absolute atomic E-state index is 12.5. The summed E-state index contributed by atoms with van der Waals surface area (Å²) in [5.41, 5.74) is 11.1. The number of nitrogens with one attached hydrogen (secondary N) is 1. The van der Waals surface area contributed by atoms with Crippen molar-refractivity contribution in [2.24, 2.45) is 5.73 Å². The molecule has 3 heteroatoms. The van der Waals surface area contributed by atoms with E-state index in [9.17, 15) is 4.79 Å². The van der Waals surface area contributed by atoms with Crippen molar-refractivity contribution in [3.63, 3.8) is 0 Å². The lowest BCUT2D eigenvalue weighted by Gasteiger charge is -2.10. The van der Waals surface area contributed by atoms with Crippen molar-refractivity contribution in [2.75, 3.05) is 0 Å². The molecular weight excluding hydrogens is 320 g/mol. The van der Waals surface area contributed by atoms with Crippen molar-refractivity contribution in [1.82, 2.24) is 5.32 Å². The summed E-state index contributed by atoms with van der Waals surface area (Å²) >= 11 is 0.